The lowest BCUT2D eigenvalue weighted by atomic mass is 9.76. The molecule has 0 spiro atoms. The molecular weight excluding hydrogens is 432 g/mol. The lowest BCUT2D eigenvalue weighted by Gasteiger charge is -2.47. The Hall–Kier alpha value is -3.61. The molecule has 1 saturated carbocycles. The van der Waals surface area contributed by atoms with Crippen molar-refractivity contribution in [3.8, 4) is 11.1 Å². The van der Waals surface area contributed by atoms with Crippen molar-refractivity contribution in [3.63, 3.8) is 0 Å². The highest BCUT2D eigenvalue weighted by molar-refractivity contribution is 5.86. The molecule has 2 N–H and O–H groups in total. The average Bonchev–Trinajstić information content (AvgIpc) is 3.53. The minimum absolute atomic E-state index is 0.00452. The molecule has 7 nitrogen and oxygen atoms in total. The first-order chi connectivity index (χ1) is 16.4. The van der Waals surface area contributed by atoms with Gasteiger partial charge in [0.1, 0.15) is 12.0 Å². The van der Waals surface area contributed by atoms with Crippen LogP contribution >= 0.6 is 0 Å². The summed E-state index contributed by atoms with van der Waals surface area (Å²) >= 11 is 0. The van der Waals surface area contributed by atoms with Crippen molar-refractivity contribution in [1.29, 1.82) is 0 Å². The number of ether oxygens (including phenoxy) is 1. The minimum atomic E-state index is -0.901. The van der Waals surface area contributed by atoms with Gasteiger partial charge in [-0.15, -0.1) is 6.58 Å². The summed E-state index contributed by atoms with van der Waals surface area (Å²) in [6, 6.07) is 16.4. The maximum Gasteiger partial charge on any atom is 0.407 e. The molecule has 2 aliphatic carbocycles. The number of carboxylic acid groups (broad SMARTS) is 1. The van der Waals surface area contributed by atoms with Crippen molar-refractivity contribution < 1.29 is 24.2 Å². The molecule has 2 aromatic rings. The van der Waals surface area contributed by atoms with Gasteiger partial charge in [0.25, 0.3) is 0 Å². The van der Waals surface area contributed by atoms with Gasteiger partial charge in [0.05, 0.1) is 0 Å². The fourth-order valence-electron chi connectivity index (χ4n) is 5.34. The van der Waals surface area contributed by atoms with E-state index in [1.165, 1.54) is 11.1 Å². The van der Waals surface area contributed by atoms with Gasteiger partial charge in [-0.1, -0.05) is 54.6 Å². The molecule has 0 bridgehead atoms. The Morgan fingerprint density at radius 3 is 2.29 bits per heavy atom. The van der Waals surface area contributed by atoms with Crippen LogP contribution in [0, 0.1) is 17.3 Å². The standard InChI is InChI=1S/C27H28N2O5/c1-2-11-27(25(31)32)15-29(16-27)24(30)22-12-17(22)13-28-26(33)34-14-23-20-9-5-3-7-18(20)19-8-4-6-10-21(19)23/h2-10,17,22-23H,1,11-16H2,(H,28,33)(H,31,32)/t17-,22-/m1/s1. The molecule has 2 amide bonds. The van der Waals surface area contributed by atoms with Crippen LogP contribution in [0.1, 0.15) is 29.9 Å². The number of carbonyl (C=O) groups excluding carboxylic acids is 2. The van der Waals surface area contributed by atoms with Crippen LogP contribution in [0.4, 0.5) is 4.79 Å². The van der Waals surface area contributed by atoms with Crippen molar-refractivity contribution in [2.45, 2.75) is 18.8 Å². The zero-order valence-electron chi connectivity index (χ0n) is 18.9. The zero-order chi connectivity index (χ0) is 23.9. The van der Waals surface area contributed by atoms with Gasteiger partial charge in [0.15, 0.2) is 0 Å². The fraction of sp³-hybridized carbons (Fsp3) is 0.370. The molecule has 3 aliphatic rings. The predicted molar refractivity (Wildman–Crippen MR) is 126 cm³/mol. The summed E-state index contributed by atoms with van der Waals surface area (Å²) in [6.07, 6.45) is 2.15. The fourth-order valence-corrected chi connectivity index (χ4v) is 5.34. The van der Waals surface area contributed by atoms with E-state index in [4.69, 9.17) is 4.74 Å². The summed E-state index contributed by atoms with van der Waals surface area (Å²) in [5.41, 5.74) is 3.77. The molecule has 176 valence electrons. The second-order valence-electron chi connectivity index (χ2n) is 9.58. The highest BCUT2D eigenvalue weighted by atomic mass is 16.5. The SMILES string of the molecule is C=CCC1(C(=O)O)CN(C(=O)[C@@H]2C[C@@H]2CNC(=O)OCC2c3ccccc3-c3ccccc32)C1. The van der Waals surface area contributed by atoms with E-state index in [0.29, 0.717) is 19.4 Å². The molecular formula is C27H28N2O5. The van der Waals surface area contributed by atoms with Gasteiger partial charge in [-0.3, -0.25) is 9.59 Å². The van der Waals surface area contributed by atoms with E-state index in [2.05, 4.69) is 36.2 Å². The van der Waals surface area contributed by atoms with Crippen LogP contribution in [0.3, 0.4) is 0 Å². The van der Waals surface area contributed by atoms with Gasteiger partial charge < -0.3 is 20.1 Å². The Labute approximate surface area is 198 Å². The van der Waals surface area contributed by atoms with Crippen molar-refractivity contribution in [2.24, 2.45) is 17.3 Å². The molecule has 5 rings (SSSR count). The Balaban J connectivity index is 1.09. The quantitative estimate of drug-likeness (QED) is 0.587. The number of hydrogen-bond acceptors (Lipinski definition) is 4. The number of likely N-dealkylation sites (tertiary alicyclic amines) is 1. The number of benzene rings is 2. The lowest BCUT2D eigenvalue weighted by Crippen LogP contribution is -2.62. The van der Waals surface area contributed by atoms with Crippen LogP contribution in [0.25, 0.3) is 11.1 Å². The molecule has 2 aromatic carbocycles. The summed E-state index contributed by atoms with van der Waals surface area (Å²) in [6.45, 7) is 4.68. The van der Waals surface area contributed by atoms with Gasteiger partial charge >= 0.3 is 12.1 Å². The summed E-state index contributed by atoms with van der Waals surface area (Å²) in [4.78, 5) is 38.2. The third-order valence-electron chi connectivity index (χ3n) is 7.38. The molecule has 1 aliphatic heterocycles. The van der Waals surface area contributed by atoms with Crippen molar-refractivity contribution >= 4 is 18.0 Å². The molecule has 1 saturated heterocycles. The maximum atomic E-state index is 12.7. The number of aliphatic carboxylic acids is 1. The molecule has 34 heavy (non-hydrogen) atoms. The monoisotopic (exact) mass is 460 g/mol. The lowest BCUT2D eigenvalue weighted by molar-refractivity contribution is -0.166. The molecule has 2 fully saturated rings. The summed E-state index contributed by atoms with van der Waals surface area (Å²) in [7, 11) is 0. The van der Waals surface area contributed by atoms with E-state index < -0.39 is 17.5 Å². The van der Waals surface area contributed by atoms with Crippen molar-refractivity contribution in [1.82, 2.24) is 10.2 Å². The Kier molecular flexibility index (Phi) is 5.63. The Bertz CT molecular complexity index is 1110. The topological polar surface area (TPSA) is 95.9 Å². The molecule has 1 heterocycles. The number of allylic oxidation sites excluding steroid dienone is 1. The number of carboxylic acids is 1. The first-order valence-corrected chi connectivity index (χ1v) is 11.7. The van der Waals surface area contributed by atoms with Crippen LogP contribution in [-0.4, -0.2) is 54.2 Å². The van der Waals surface area contributed by atoms with Crippen molar-refractivity contribution in [3.05, 3.63) is 72.3 Å². The second-order valence-corrected chi connectivity index (χ2v) is 9.58. The predicted octanol–water partition coefficient (Wildman–Crippen LogP) is 3.65. The van der Waals surface area contributed by atoms with Crippen LogP contribution in [0.15, 0.2) is 61.2 Å². The number of nitrogens with zero attached hydrogens (tertiary/aromatic N) is 1. The number of amides is 2. The Morgan fingerprint density at radius 1 is 1.09 bits per heavy atom. The van der Waals surface area contributed by atoms with E-state index in [1.807, 2.05) is 24.3 Å². The largest absolute Gasteiger partial charge is 0.481 e. The number of hydrogen-bond donors (Lipinski definition) is 2. The van der Waals surface area contributed by atoms with E-state index in [1.54, 1.807) is 11.0 Å². The van der Waals surface area contributed by atoms with Gasteiger partial charge in [-0.2, -0.15) is 0 Å². The number of alkyl carbamates (subject to hydrolysis) is 1. The molecule has 0 unspecified atom stereocenters. The third kappa shape index (κ3) is 3.85. The van der Waals surface area contributed by atoms with Gasteiger partial charge in [0.2, 0.25) is 5.91 Å². The zero-order valence-corrected chi connectivity index (χ0v) is 18.9. The van der Waals surface area contributed by atoms with E-state index in [0.717, 1.165) is 11.1 Å². The van der Waals surface area contributed by atoms with Gasteiger partial charge in [0, 0.05) is 31.5 Å². The van der Waals surface area contributed by atoms with Gasteiger partial charge in [-0.05, 0) is 41.0 Å². The highest BCUT2D eigenvalue weighted by Crippen LogP contribution is 2.45. The molecule has 7 heteroatoms. The van der Waals surface area contributed by atoms with Crippen LogP contribution < -0.4 is 5.32 Å². The van der Waals surface area contributed by atoms with Crippen LogP contribution in [0.5, 0.6) is 0 Å². The molecule has 2 atom stereocenters. The summed E-state index contributed by atoms with van der Waals surface area (Å²) in [5.74, 6) is -1.01. The minimum Gasteiger partial charge on any atom is -0.481 e. The highest BCUT2D eigenvalue weighted by Gasteiger charge is 2.54. The molecule has 0 radical (unpaired) electrons. The van der Waals surface area contributed by atoms with E-state index >= 15 is 0 Å². The van der Waals surface area contributed by atoms with E-state index in [-0.39, 0.29) is 43.4 Å². The van der Waals surface area contributed by atoms with Crippen LogP contribution in [-0.2, 0) is 14.3 Å². The first-order valence-electron chi connectivity index (χ1n) is 11.7. The maximum absolute atomic E-state index is 12.7. The smallest absolute Gasteiger partial charge is 0.407 e. The van der Waals surface area contributed by atoms with E-state index in [9.17, 15) is 19.5 Å². The first kappa shape index (κ1) is 22.2. The Morgan fingerprint density at radius 2 is 1.71 bits per heavy atom. The normalized spacial score (nSPS) is 21.6. The number of carbonyl (C=O) groups is 3. The average molecular weight is 461 g/mol. The number of fused-ring (bicyclic) bond motifs is 3. The number of nitrogens with one attached hydrogen (secondary N) is 1. The summed E-state index contributed by atoms with van der Waals surface area (Å²) in [5, 5.41) is 12.2. The second kappa shape index (κ2) is 8.63. The number of rotatable bonds is 8. The van der Waals surface area contributed by atoms with Crippen LogP contribution in [0.2, 0.25) is 0 Å². The summed E-state index contributed by atoms with van der Waals surface area (Å²) < 4.78 is 5.55. The van der Waals surface area contributed by atoms with Gasteiger partial charge in [-0.25, -0.2) is 4.79 Å². The van der Waals surface area contributed by atoms with Crippen molar-refractivity contribution in [2.75, 3.05) is 26.2 Å². The molecule has 0 aromatic heterocycles. The third-order valence-corrected chi connectivity index (χ3v) is 7.38.